The number of hydrogen-bond donors (Lipinski definition) is 0. The maximum absolute atomic E-state index is 12.8. The molecule has 5 rings (SSSR count). The Balaban J connectivity index is 1.46. The highest BCUT2D eigenvalue weighted by Gasteiger charge is 2.25. The van der Waals surface area contributed by atoms with Crippen molar-refractivity contribution < 1.29 is 9.21 Å². The van der Waals surface area contributed by atoms with E-state index in [4.69, 9.17) is 4.42 Å². The van der Waals surface area contributed by atoms with Crippen LogP contribution in [0, 0.1) is 0 Å². The summed E-state index contributed by atoms with van der Waals surface area (Å²) in [7, 11) is 0. The predicted octanol–water partition coefficient (Wildman–Crippen LogP) is 2.64. The van der Waals surface area contributed by atoms with Crippen LogP contribution in [0.25, 0.3) is 22.4 Å². The van der Waals surface area contributed by atoms with Gasteiger partial charge in [-0.15, -0.1) is 5.10 Å². The van der Waals surface area contributed by atoms with Gasteiger partial charge in [0.2, 0.25) is 11.8 Å². The van der Waals surface area contributed by atoms with Crippen LogP contribution in [0.4, 0.5) is 5.69 Å². The third-order valence-corrected chi connectivity index (χ3v) is 4.96. The normalized spacial score (nSPS) is 13.1. The van der Waals surface area contributed by atoms with Crippen LogP contribution in [-0.2, 0) is 17.8 Å². The number of amides is 1. The van der Waals surface area contributed by atoms with E-state index in [9.17, 15) is 9.59 Å². The Morgan fingerprint density at radius 2 is 1.96 bits per heavy atom. The van der Waals surface area contributed by atoms with Crippen molar-refractivity contribution in [1.29, 1.82) is 0 Å². The van der Waals surface area contributed by atoms with E-state index in [-0.39, 0.29) is 18.3 Å². The van der Waals surface area contributed by atoms with E-state index in [2.05, 4.69) is 10.1 Å². The summed E-state index contributed by atoms with van der Waals surface area (Å²) < 4.78 is 6.42. The van der Waals surface area contributed by atoms with E-state index >= 15 is 0 Å². The molecular weight excluding hydrogens is 356 g/mol. The standard InChI is InChI=1S/C21H16N4O3/c26-19(24-12-10-14-5-1-2-9-18(14)24)13-25-21(27)28-20(23-25)16-6-3-8-17-15(16)7-4-11-22-17/h1-9,11H,10,12-13H2. The maximum Gasteiger partial charge on any atom is 0.437 e. The lowest BCUT2D eigenvalue weighted by Gasteiger charge is -2.16. The van der Waals surface area contributed by atoms with Gasteiger partial charge in [-0.2, -0.15) is 4.68 Å². The first-order chi connectivity index (χ1) is 13.7. The van der Waals surface area contributed by atoms with Gasteiger partial charge in [-0.1, -0.05) is 30.3 Å². The highest BCUT2D eigenvalue weighted by atomic mass is 16.4. The Labute approximate surface area is 159 Å². The lowest BCUT2D eigenvalue weighted by Crippen LogP contribution is -2.35. The zero-order chi connectivity index (χ0) is 19.1. The van der Waals surface area contributed by atoms with Gasteiger partial charge < -0.3 is 9.32 Å². The Morgan fingerprint density at radius 1 is 1.07 bits per heavy atom. The summed E-state index contributed by atoms with van der Waals surface area (Å²) in [5.74, 6) is -0.665. The van der Waals surface area contributed by atoms with Crippen LogP contribution in [0.5, 0.6) is 0 Å². The molecule has 2 aromatic heterocycles. The third-order valence-electron chi connectivity index (χ3n) is 4.96. The number of para-hydroxylation sites is 1. The van der Waals surface area contributed by atoms with Crippen molar-refractivity contribution in [2.24, 2.45) is 0 Å². The van der Waals surface area contributed by atoms with Crippen LogP contribution >= 0.6 is 0 Å². The van der Waals surface area contributed by atoms with Crippen molar-refractivity contribution in [3.63, 3.8) is 0 Å². The minimum absolute atomic E-state index is 0.167. The lowest BCUT2D eigenvalue weighted by molar-refractivity contribution is -0.119. The molecule has 7 heteroatoms. The molecule has 2 aromatic carbocycles. The van der Waals surface area contributed by atoms with Crippen molar-refractivity contribution in [3.05, 3.63) is 76.9 Å². The molecule has 1 amide bonds. The van der Waals surface area contributed by atoms with Crippen LogP contribution in [-0.4, -0.2) is 27.2 Å². The van der Waals surface area contributed by atoms with E-state index in [1.807, 2.05) is 54.6 Å². The van der Waals surface area contributed by atoms with Gasteiger partial charge in [0.05, 0.1) is 5.52 Å². The van der Waals surface area contributed by atoms with Crippen molar-refractivity contribution >= 4 is 22.5 Å². The first-order valence-electron chi connectivity index (χ1n) is 9.01. The van der Waals surface area contributed by atoms with Gasteiger partial charge in [0, 0.05) is 29.4 Å². The Kier molecular flexibility index (Phi) is 3.79. The number of hydrogen-bond acceptors (Lipinski definition) is 5. The molecule has 0 spiro atoms. The van der Waals surface area contributed by atoms with Gasteiger partial charge in [-0.3, -0.25) is 9.78 Å². The first kappa shape index (κ1) is 16.4. The molecule has 138 valence electrons. The molecule has 0 saturated carbocycles. The van der Waals surface area contributed by atoms with Crippen molar-refractivity contribution in [2.45, 2.75) is 13.0 Å². The van der Waals surface area contributed by atoms with Gasteiger partial charge in [0.15, 0.2) is 0 Å². The number of nitrogens with zero attached hydrogens (tertiary/aromatic N) is 4. The second-order valence-corrected chi connectivity index (χ2v) is 6.63. The fourth-order valence-electron chi connectivity index (χ4n) is 3.62. The summed E-state index contributed by atoms with van der Waals surface area (Å²) in [6.07, 6.45) is 2.51. The van der Waals surface area contributed by atoms with Crippen molar-refractivity contribution in [3.8, 4) is 11.5 Å². The largest absolute Gasteiger partial charge is 0.437 e. The average molecular weight is 372 g/mol. The lowest BCUT2D eigenvalue weighted by atomic mass is 10.1. The molecule has 28 heavy (non-hydrogen) atoms. The minimum atomic E-state index is -0.656. The number of benzene rings is 2. The molecule has 0 atom stereocenters. The average Bonchev–Trinajstić information content (AvgIpc) is 3.31. The topological polar surface area (TPSA) is 81.2 Å². The van der Waals surface area contributed by atoms with Crippen LogP contribution in [0.15, 0.2) is 70.0 Å². The molecule has 0 saturated heterocycles. The van der Waals surface area contributed by atoms with Crippen LogP contribution < -0.4 is 10.7 Å². The van der Waals surface area contributed by atoms with E-state index < -0.39 is 5.76 Å². The molecule has 0 N–H and O–H groups in total. The first-order valence-corrected chi connectivity index (χ1v) is 9.01. The summed E-state index contributed by atoms with van der Waals surface area (Å²) in [4.78, 5) is 31.1. The van der Waals surface area contributed by atoms with Gasteiger partial charge in [0.1, 0.15) is 6.54 Å². The van der Waals surface area contributed by atoms with Crippen LogP contribution in [0.3, 0.4) is 0 Å². The number of anilines is 1. The number of carbonyl (C=O) groups is 1. The second-order valence-electron chi connectivity index (χ2n) is 6.63. The van der Waals surface area contributed by atoms with Crippen molar-refractivity contribution in [2.75, 3.05) is 11.4 Å². The van der Waals surface area contributed by atoms with Gasteiger partial charge >= 0.3 is 5.76 Å². The molecular formula is C21H16N4O3. The molecule has 0 bridgehead atoms. The Bertz CT molecular complexity index is 1250. The fraction of sp³-hybridized carbons (Fsp3) is 0.143. The molecule has 0 unspecified atom stereocenters. The summed E-state index contributed by atoms with van der Waals surface area (Å²) >= 11 is 0. The SMILES string of the molecule is O=C(Cn1nc(-c2cccc3ncccc23)oc1=O)N1CCc2ccccc21. The van der Waals surface area contributed by atoms with Gasteiger partial charge in [-0.05, 0) is 36.2 Å². The van der Waals surface area contributed by atoms with E-state index in [1.54, 1.807) is 11.1 Å². The number of rotatable bonds is 3. The molecule has 7 nitrogen and oxygen atoms in total. The van der Waals surface area contributed by atoms with E-state index in [0.29, 0.717) is 12.1 Å². The summed E-state index contributed by atoms with van der Waals surface area (Å²) in [6, 6.07) is 17.0. The third kappa shape index (κ3) is 2.68. The van der Waals surface area contributed by atoms with Gasteiger partial charge in [-0.25, -0.2) is 4.79 Å². The molecule has 1 aliphatic heterocycles. The zero-order valence-electron chi connectivity index (χ0n) is 14.9. The Morgan fingerprint density at radius 3 is 2.89 bits per heavy atom. The molecule has 0 aliphatic carbocycles. The van der Waals surface area contributed by atoms with Crippen molar-refractivity contribution in [1.82, 2.24) is 14.8 Å². The highest BCUT2D eigenvalue weighted by molar-refractivity contribution is 5.95. The molecule has 1 aliphatic rings. The highest BCUT2D eigenvalue weighted by Crippen LogP contribution is 2.28. The predicted molar refractivity (Wildman–Crippen MR) is 104 cm³/mol. The number of fused-ring (bicyclic) bond motifs is 2. The molecule has 0 radical (unpaired) electrons. The minimum Gasteiger partial charge on any atom is -0.388 e. The van der Waals surface area contributed by atoms with E-state index in [0.717, 1.165) is 33.3 Å². The quantitative estimate of drug-likeness (QED) is 0.552. The Hall–Kier alpha value is -3.74. The van der Waals surface area contributed by atoms with E-state index in [1.165, 1.54) is 0 Å². The fourth-order valence-corrected chi connectivity index (χ4v) is 3.62. The zero-order valence-corrected chi connectivity index (χ0v) is 14.9. The number of aromatic nitrogens is 3. The monoisotopic (exact) mass is 372 g/mol. The molecule has 0 fully saturated rings. The molecule has 3 heterocycles. The second kappa shape index (κ2) is 6.45. The number of pyridine rings is 1. The summed E-state index contributed by atoms with van der Waals surface area (Å²) in [5.41, 5.74) is 3.47. The molecule has 4 aromatic rings. The number of carbonyl (C=O) groups excluding carboxylic acids is 1. The summed E-state index contributed by atoms with van der Waals surface area (Å²) in [6.45, 7) is 0.437. The maximum atomic E-state index is 12.8. The summed E-state index contributed by atoms with van der Waals surface area (Å²) in [5, 5.41) is 5.09. The smallest absolute Gasteiger partial charge is 0.388 e. The van der Waals surface area contributed by atoms with Crippen LogP contribution in [0.2, 0.25) is 0 Å². The van der Waals surface area contributed by atoms with Gasteiger partial charge in [0.25, 0.3) is 0 Å². The van der Waals surface area contributed by atoms with Crippen LogP contribution in [0.1, 0.15) is 5.56 Å².